The van der Waals surface area contributed by atoms with E-state index in [2.05, 4.69) is 65.8 Å². The number of nitrogens with two attached hydrogens (primary N) is 2. The average Bonchev–Trinajstić information content (AvgIpc) is 2.58. The molecule has 0 amide bonds. The van der Waals surface area contributed by atoms with Crippen LogP contribution < -0.4 is 11.5 Å². The predicted octanol–water partition coefficient (Wildman–Crippen LogP) is 5.90. The third-order valence-corrected chi connectivity index (χ3v) is 7.66. The highest BCUT2D eigenvalue weighted by Gasteiger charge is 2.49. The van der Waals surface area contributed by atoms with Crippen LogP contribution in [0.1, 0.15) is 86.8 Å². The van der Waals surface area contributed by atoms with Crippen LogP contribution in [0.25, 0.3) is 0 Å². The van der Waals surface area contributed by atoms with E-state index < -0.39 is 0 Å². The van der Waals surface area contributed by atoms with Crippen molar-refractivity contribution in [2.75, 3.05) is 11.5 Å². The van der Waals surface area contributed by atoms with Gasteiger partial charge in [-0.2, -0.15) is 0 Å². The Kier molecular flexibility index (Phi) is 3.77. The maximum Gasteiger partial charge on any atom is 0.0347 e. The van der Waals surface area contributed by atoms with E-state index in [4.69, 9.17) is 11.5 Å². The zero-order chi connectivity index (χ0) is 19.8. The molecule has 0 saturated heterocycles. The topological polar surface area (TPSA) is 52.0 Å². The number of hydrogen-bond donors (Lipinski definition) is 2. The molecule has 2 nitrogen and oxygen atoms in total. The van der Waals surface area contributed by atoms with Crippen molar-refractivity contribution < 1.29 is 0 Å². The maximum atomic E-state index is 6.43. The lowest BCUT2D eigenvalue weighted by molar-refractivity contribution is 0.265. The van der Waals surface area contributed by atoms with Gasteiger partial charge in [0.25, 0.3) is 0 Å². The minimum atomic E-state index is 0.0410. The Bertz CT molecular complexity index is 856. The van der Waals surface area contributed by atoms with Gasteiger partial charge in [-0.25, -0.2) is 0 Å². The standard InChI is InChI=1S/C25H34N2/c1-15-11-17-19(13-21(15)26)25(9-7-23(17,3)4)10-8-24(5,6)18-12-16(2)22(27)14-20(18)25/h11-14H,7-10,26-27H2,1-6H3. The molecule has 2 heteroatoms. The summed E-state index contributed by atoms with van der Waals surface area (Å²) in [5.41, 5.74) is 23.3. The SMILES string of the molecule is Cc1cc2c(cc1N)C1(CCC2(C)C)CCC(C)(C)c2cc(C)c(N)cc21. The lowest BCUT2D eigenvalue weighted by atomic mass is 9.52. The fraction of sp³-hybridized carbons (Fsp3) is 0.520. The second-order valence-electron chi connectivity index (χ2n) is 10.4. The highest BCUT2D eigenvalue weighted by atomic mass is 14.6. The van der Waals surface area contributed by atoms with E-state index >= 15 is 0 Å². The molecule has 0 saturated carbocycles. The van der Waals surface area contributed by atoms with Gasteiger partial charge >= 0.3 is 0 Å². The molecule has 0 aromatic heterocycles. The molecule has 0 bridgehead atoms. The van der Waals surface area contributed by atoms with Gasteiger partial charge in [-0.05, 0) is 95.9 Å². The maximum absolute atomic E-state index is 6.43. The van der Waals surface area contributed by atoms with Crippen LogP contribution in [0.2, 0.25) is 0 Å². The number of aryl methyl sites for hydroxylation is 2. The van der Waals surface area contributed by atoms with Crippen LogP contribution in [0, 0.1) is 13.8 Å². The summed E-state index contributed by atoms with van der Waals surface area (Å²) in [6.07, 6.45) is 4.72. The van der Waals surface area contributed by atoms with Crippen molar-refractivity contribution in [3.8, 4) is 0 Å². The normalized spacial score (nSPS) is 21.6. The molecule has 1 spiro atoms. The quantitative estimate of drug-likeness (QED) is 0.574. The van der Waals surface area contributed by atoms with Gasteiger partial charge in [-0.15, -0.1) is 0 Å². The highest BCUT2D eigenvalue weighted by Crippen LogP contribution is 2.58. The van der Waals surface area contributed by atoms with E-state index in [1.165, 1.54) is 59.1 Å². The molecule has 2 aromatic carbocycles. The second-order valence-corrected chi connectivity index (χ2v) is 10.4. The summed E-state index contributed by atoms with van der Waals surface area (Å²) in [4.78, 5) is 0. The summed E-state index contributed by atoms with van der Waals surface area (Å²) in [6.45, 7) is 13.8. The molecule has 27 heavy (non-hydrogen) atoms. The number of fused-ring (bicyclic) bond motifs is 4. The van der Waals surface area contributed by atoms with Crippen molar-refractivity contribution in [1.82, 2.24) is 0 Å². The average molecular weight is 363 g/mol. The van der Waals surface area contributed by atoms with Crippen molar-refractivity contribution >= 4 is 11.4 Å². The van der Waals surface area contributed by atoms with Crippen LogP contribution in [0.3, 0.4) is 0 Å². The summed E-state index contributed by atoms with van der Waals surface area (Å²) in [5, 5.41) is 0. The zero-order valence-corrected chi connectivity index (χ0v) is 17.8. The van der Waals surface area contributed by atoms with Gasteiger partial charge in [-0.3, -0.25) is 0 Å². The molecular weight excluding hydrogens is 328 g/mol. The first kappa shape index (κ1) is 18.4. The summed E-state index contributed by atoms with van der Waals surface area (Å²) in [7, 11) is 0. The molecule has 144 valence electrons. The molecule has 0 radical (unpaired) electrons. The van der Waals surface area contributed by atoms with Crippen molar-refractivity contribution in [1.29, 1.82) is 0 Å². The molecule has 0 unspecified atom stereocenters. The summed E-state index contributed by atoms with van der Waals surface area (Å²) in [5.74, 6) is 0. The van der Waals surface area contributed by atoms with Crippen molar-refractivity contribution in [2.45, 2.75) is 83.5 Å². The molecule has 0 atom stereocenters. The monoisotopic (exact) mass is 362 g/mol. The van der Waals surface area contributed by atoms with Gasteiger partial charge in [0.15, 0.2) is 0 Å². The van der Waals surface area contributed by atoms with Gasteiger partial charge in [-0.1, -0.05) is 39.8 Å². The number of rotatable bonds is 0. The van der Waals surface area contributed by atoms with Crippen LogP contribution in [0.15, 0.2) is 24.3 Å². The Hall–Kier alpha value is -1.96. The van der Waals surface area contributed by atoms with E-state index in [1.54, 1.807) is 0 Å². The summed E-state index contributed by atoms with van der Waals surface area (Å²) in [6, 6.07) is 9.26. The van der Waals surface area contributed by atoms with Gasteiger partial charge < -0.3 is 11.5 Å². The van der Waals surface area contributed by atoms with E-state index in [0.29, 0.717) is 0 Å². The first-order valence-corrected chi connectivity index (χ1v) is 10.3. The van der Waals surface area contributed by atoms with Gasteiger partial charge in [0.05, 0.1) is 0 Å². The van der Waals surface area contributed by atoms with Crippen LogP contribution in [-0.2, 0) is 16.2 Å². The molecular formula is C25H34N2. The van der Waals surface area contributed by atoms with E-state index in [0.717, 1.165) is 11.4 Å². The van der Waals surface area contributed by atoms with Gasteiger partial charge in [0.1, 0.15) is 0 Å². The Morgan fingerprint density at radius 2 is 0.963 bits per heavy atom. The Morgan fingerprint density at radius 3 is 1.33 bits per heavy atom. The fourth-order valence-corrected chi connectivity index (χ4v) is 5.49. The number of nitrogen functional groups attached to an aromatic ring is 2. The fourth-order valence-electron chi connectivity index (χ4n) is 5.49. The summed E-state index contributed by atoms with van der Waals surface area (Å²) >= 11 is 0. The molecule has 0 heterocycles. The molecule has 0 aliphatic heterocycles. The number of anilines is 2. The van der Waals surface area contributed by atoms with E-state index in [1.807, 2.05) is 0 Å². The molecule has 2 aliphatic carbocycles. The van der Waals surface area contributed by atoms with E-state index in [9.17, 15) is 0 Å². The molecule has 4 N–H and O–H groups in total. The second kappa shape index (κ2) is 5.53. The third kappa shape index (κ3) is 2.52. The highest BCUT2D eigenvalue weighted by molar-refractivity contribution is 5.64. The Balaban J connectivity index is 2.06. The number of benzene rings is 2. The van der Waals surface area contributed by atoms with Crippen LogP contribution in [0.4, 0.5) is 11.4 Å². The smallest absolute Gasteiger partial charge is 0.0347 e. The number of hydrogen-bond acceptors (Lipinski definition) is 2. The summed E-state index contributed by atoms with van der Waals surface area (Å²) < 4.78 is 0. The third-order valence-electron chi connectivity index (χ3n) is 7.66. The van der Waals surface area contributed by atoms with Crippen molar-refractivity contribution in [3.63, 3.8) is 0 Å². The first-order chi connectivity index (χ1) is 12.5. The van der Waals surface area contributed by atoms with Gasteiger partial charge in [0.2, 0.25) is 0 Å². The minimum Gasteiger partial charge on any atom is -0.399 e. The van der Waals surface area contributed by atoms with E-state index in [-0.39, 0.29) is 16.2 Å². The van der Waals surface area contributed by atoms with Crippen LogP contribution >= 0.6 is 0 Å². The largest absolute Gasteiger partial charge is 0.399 e. The Morgan fingerprint density at radius 1 is 0.593 bits per heavy atom. The Labute approximate surface area is 164 Å². The first-order valence-electron chi connectivity index (χ1n) is 10.3. The van der Waals surface area contributed by atoms with Crippen molar-refractivity contribution in [3.05, 3.63) is 57.6 Å². The molecule has 4 rings (SSSR count). The molecule has 2 aromatic rings. The van der Waals surface area contributed by atoms with Crippen LogP contribution in [0.5, 0.6) is 0 Å². The zero-order valence-electron chi connectivity index (χ0n) is 17.8. The molecule has 2 aliphatic rings. The predicted molar refractivity (Wildman–Crippen MR) is 116 cm³/mol. The van der Waals surface area contributed by atoms with Gasteiger partial charge in [0, 0.05) is 16.8 Å². The minimum absolute atomic E-state index is 0.0410. The van der Waals surface area contributed by atoms with Crippen LogP contribution in [-0.4, -0.2) is 0 Å². The lowest BCUT2D eigenvalue weighted by Crippen LogP contribution is -2.44. The lowest BCUT2D eigenvalue weighted by Gasteiger charge is -2.52. The molecule has 0 fully saturated rings. The van der Waals surface area contributed by atoms with Crippen molar-refractivity contribution in [2.24, 2.45) is 0 Å².